The van der Waals surface area contributed by atoms with Gasteiger partial charge in [0, 0.05) is 12.7 Å². The van der Waals surface area contributed by atoms with E-state index in [9.17, 15) is 23.1 Å². The number of hydrogen-bond donors (Lipinski definition) is 2. The van der Waals surface area contributed by atoms with Crippen LogP contribution in [0.2, 0.25) is 0 Å². The molecule has 0 fully saturated rings. The van der Waals surface area contributed by atoms with Gasteiger partial charge in [0.1, 0.15) is 5.54 Å². The third-order valence-electron chi connectivity index (χ3n) is 3.44. The fraction of sp³-hybridized carbons (Fsp3) is 0.667. The smallest absolute Gasteiger partial charge is 0.419 e. The molecule has 2 N–H and O–H groups in total. The van der Waals surface area contributed by atoms with Gasteiger partial charge in [0.15, 0.2) is 0 Å². The quantitative estimate of drug-likeness (QED) is 0.808. The molecule has 0 saturated heterocycles. The van der Waals surface area contributed by atoms with Gasteiger partial charge in [-0.25, -0.2) is 0 Å². The van der Waals surface area contributed by atoms with E-state index >= 15 is 0 Å². The summed E-state index contributed by atoms with van der Waals surface area (Å²) in [4.78, 5) is 11.2. The zero-order valence-electron chi connectivity index (χ0n) is 11.4. The van der Waals surface area contributed by atoms with Crippen molar-refractivity contribution >= 4 is 5.97 Å². The summed E-state index contributed by atoms with van der Waals surface area (Å²) in [5.41, 5.74) is -1.84. The Bertz CT molecular complexity index is 453. The molecule has 0 bridgehead atoms. The SMILES string of the molecule is CCC(CCCn1cc(C(F)(F)F)cn1)(NC)C(=O)O. The summed E-state index contributed by atoms with van der Waals surface area (Å²) in [5.74, 6) is -0.959. The molecule has 0 spiro atoms. The van der Waals surface area contributed by atoms with E-state index in [4.69, 9.17) is 0 Å². The fourth-order valence-corrected chi connectivity index (χ4v) is 2.02. The van der Waals surface area contributed by atoms with Gasteiger partial charge in [-0.1, -0.05) is 6.92 Å². The normalized spacial score (nSPS) is 15.1. The molecule has 1 atom stereocenters. The Kier molecular flexibility index (Phi) is 5.15. The average Bonchev–Trinajstić information content (AvgIpc) is 2.83. The van der Waals surface area contributed by atoms with Crippen LogP contribution < -0.4 is 5.32 Å². The zero-order chi connectivity index (χ0) is 15.4. The van der Waals surface area contributed by atoms with E-state index < -0.39 is 23.2 Å². The first-order chi connectivity index (χ1) is 9.25. The predicted molar refractivity (Wildman–Crippen MR) is 66.2 cm³/mol. The van der Waals surface area contributed by atoms with E-state index in [0.29, 0.717) is 19.3 Å². The standard InChI is InChI=1S/C12H18F3N3O2/c1-3-11(16-2,10(19)20)5-4-6-18-8-9(7-17-18)12(13,14)15/h7-8,16H,3-6H2,1-2H3,(H,19,20). The van der Waals surface area contributed by atoms with Crippen LogP contribution >= 0.6 is 0 Å². The van der Waals surface area contributed by atoms with Crippen molar-refractivity contribution in [2.75, 3.05) is 7.05 Å². The van der Waals surface area contributed by atoms with Crippen LogP contribution in [0.1, 0.15) is 31.7 Å². The first-order valence-corrected chi connectivity index (χ1v) is 6.27. The molecule has 1 rings (SSSR count). The van der Waals surface area contributed by atoms with E-state index in [1.807, 2.05) is 0 Å². The number of carboxylic acids is 1. The van der Waals surface area contributed by atoms with Crippen LogP contribution in [-0.2, 0) is 17.5 Å². The molecule has 0 aliphatic rings. The summed E-state index contributed by atoms with van der Waals surface area (Å²) >= 11 is 0. The maximum absolute atomic E-state index is 12.4. The van der Waals surface area contributed by atoms with Crippen LogP contribution in [0.25, 0.3) is 0 Å². The number of hydrogen-bond acceptors (Lipinski definition) is 3. The van der Waals surface area contributed by atoms with E-state index in [-0.39, 0.29) is 6.54 Å². The van der Waals surface area contributed by atoms with Crippen molar-refractivity contribution in [3.05, 3.63) is 18.0 Å². The van der Waals surface area contributed by atoms with Crippen LogP contribution in [0.4, 0.5) is 13.2 Å². The van der Waals surface area contributed by atoms with Crippen LogP contribution in [0.3, 0.4) is 0 Å². The number of halogens is 3. The molecular formula is C12H18F3N3O2. The Morgan fingerprint density at radius 3 is 2.55 bits per heavy atom. The van der Waals surface area contributed by atoms with Gasteiger partial charge in [0.25, 0.3) is 0 Å². The van der Waals surface area contributed by atoms with Gasteiger partial charge in [-0.3, -0.25) is 9.48 Å². The highest BCUT2D eigenvalue weighted by Gasteiger charge is 2.34. The van der Waals surface area contributed by atoms with Crippen molar-refractivity contribution in [2.24, 2.45) is 0 Å². The summed E-state index contributed by atoms with van der Waals surface area (Å²) in [7, 11) is 1.56. The molecule has 1 aromatic rings. The number of nitrogens with one attached hydrogen (secondary N) is 1. The molecule has 8 heteroatoms. The van der Waals surface area contributed by atoms with Gasteiger partial charge in [0.05, 0.1) is 11.8 Å². The number of aryl methyl sites for hydroxylation is 1. The van der Waals surface area contributed by atoms with E-state index in [1.54, 1.807) is 14.0 Å². The number of carbonyl (C=O) groups is 1. The Hall–Kier alpha value is -1.57. The zero-order valence-corrected chi connectivity index (χ0v) is 11.4. The number of carboxylic acid groups (broad SMARTS) is 1. The molecule has 0 aliphatic carbocycles. The van der Waals surface area contributed by atoms with Gasteiger partial charge < -0.3 is 10.4 Å². The second-order valence-electron chi connectivity index (χ2n) is 4.58. The predicted octanol–water partition coefficient (Wildman–Crippen LogP) is 2.13. The molecule has 20 heavy (non-hydrogen) atoms. The van der Waals surface area contributed by atoms with Gasteiger partial charge in [0.2, 0.25) is 0 Å². The Labute approximate surface area is 114 Å². The maximum atomic E-state index is 12.4. The first kappa shape index (κ1) is 16.5. The number of alkyl halides is 3. The number of likely N-dealkylation sites (N-methyl/N-ethyl adjacent to an activating group) is 1. The van der Waals surface area contributed by atoms with Gasteiger partial charge in [-0.2, -0.15) is 18.3 Å². The van der Waals surface area contributed by atoms with E-state index in [0.717, 1.165) is 12.4 Å². The number of nitrogens with zero attached hydrogens (tertiary/aromatic N) is 2. The number of aromatic nitrogens is 2. The van der Waals surface area contributed by atoms with Crippen LogP contribution in [-0.4, -0.2) is 33.4 Å². The van der Waals surface area contributed by atoms with Crippen molar-refractivity contribution in [1.82, 2.24) is 15.1 Å². The molecule has 0 radical (unpaired) electrons. The van der Waals surface area contributed by atoms with Crippen molar-refractivity contribution in [1.29, 1.82) is 0 Å². The van der Waals surface area contributed by atoms with Crippen LogP contribution in [0.5, 0.6) is 0 Å². The van der Waals surface area contributed by atoms with Gasteiger partial charge >= 0.3 is 12.1 Å². The highest BCUT2D eigenvalue weighted by atomic mass is 19.4. The molecular weight excluding hydrogens is 275 g/mol. The number of aliphatic carboxylic acids is 1. The third-order valence-corrected chi connectivity index (χ3v) is 3.44. The molecule has 0 aromatic carbocycles. The minimum Gasteiger partial charge on any atom is -0.480 e. The Balaban J connectivity index is 2.60. The van der Waals surface area contributed by atoms with Crippen molar-refractivity contribution < 1.29 is 23.1 Å². The minimum absolute atomic E-state index is 0.243. The number of rotatable bonds is 7. The van der Waals surface area contributed by atoms with Crippen molar-refractivity contribution in [2.45, 2.75) is 44.4 Å². The van der Waals surface area contributed by atoms with Gasteiger partial charge in [-0.05, 0) is 26.3 Å². The monoisotopic (exact) mass is 293 g/mol. The largest absolute Gasteiger partial charge is 0.480 e. The van der Waals surface area contributed by atoms with Crippen molar-refractivity contribution in [3.63, 3.8) is 0 Å². The highest BCUT2D eigenvalue weighted by molar-refractivity contribution is 5.78. The van der Waals surface area contributed by atoms with E-state index in [2.05, 4.69) is 10.4 Å². The fourth-order valence-electron chi connectivity index (χ4n) is 2.02. The molecule has 0 aliphatic heterocycles. The second kappa shape index (κ2) is 6.25. The second-order valence-corrected chi connectivity index (χ2v) is 4.58. The van der Waals surface area contributed by atoms with Gasteiger partial charge in [-0.15, -0.1) is 0 Å². The van der Waals surface area contributed by atoms with Crippen molar-refractivity contribution in [3.8, 4) is 0 Å². The lowest BCUT2D eigenvalue weighted by Gasteiger charge is -2.27. The molecule has 0 amide bonds. The first-order valence-electron chi connectivity index (χ1n) is 6.27. The summed E-state index contributed by atoms with van der Waals surface area (Å²) < 4.78 is 38.3. The average molecular weight is 293 g/mol. The summed E-state index contributed by atoms with van der Waals surface area (Å²) in [6.07, 6.45) is -1.59. The van der Waals surface area contributed by atoms with E-state index in [1.165, 1.54) is 4.68 Å². The molecule has 5 nitrogen and oxygen atoms in total. The third kappa shape index (κ3) is 3.72. The lowest BCUT2D eigenvalue weighted by Crippen LogP contribution is -2.49. The summed E-state index contributed by atoms with van der Waals surface area (Å²) in [5, 5.41) is 15.6. The molecule has 1 unspecified atom stereocenters. The summed E-state index contributed by atoms with van der Waals surface area (Å²) in [6.45, 7) is 1.99. The lowest BCUT2D eigenvalue weighted by atomic mass is 9.90. The lowest BCUT2D eigenvalue weighted by molar-refractivity contribution is -0.145. The molecule has 1 aromatic heterocycles. The molecule has 0 saturated carbocycles. The molecule has 114 valence electrons. The van der Waals surface area contributed by atoms with Crippen LogP contribution in [0.15, 0.2) is 12.4 Å². The topological polar surface area (TPSA) is 67.2 Å². The Morgan fingerprint density at radius 1 is 1.50 bits per heavy atom. The summed E-state index contributed by atoms with van der Waals surface area (Å²) in [6, 6.07) is 0. The van der Waals surface area contributed by atoms with Crippen LogP contribution in [0, 0.1) is 0 Å². The maximum Gasteiger partial charge on any atom is 0.419 e. The molecule has 1 heterocycles. The Morgan fingerprint density at radius 2 is 2.15 bits per heavy atom. The highest BCUT2D eigenvalue weighted by Crippen LogP contribution is 2.28. The minimum atomic E-state index is -4.41.